The molecule has 0 aliphatic rings. The minimum absolute atomic E-state index is 0.176. The highest BCUT2D eigenvalue weighted by atomic mass is 35.5. The second-order valence-corrected chi connectivity index (χ2v) is 4.97. The number of nitrogen functional groups attached to an aromatic ring is 1. The number of nitrogens with zero attached hydrogens (tertiary/aromatic N) is 2. The number of aryl methyl sites for hydroxylation is 1. The van der Waals surface area contributed by atoms with Gasteiger partial charge >= 0.3 is 0 Å². The topological polar surface area (TPSA) is 71.2 Å². The summed E-state index contributed by atoms with van der Waals surface area (Å²) in [4.78, 5) is 18.5. The number of nitrogens with one attached hydrogen (secondary N) is 1. The molecule has 1 aromatic heterocycles. The summed E-state index contributed by atoms with van der Waals surface area (Å²) in [6.07, 6.45) is 0. The van der Waals surface area contributed by atoms with E-state index in [2.05, 4.69) is 10.4 Å². The van der Waals surface area contributed by atoms with E-state index in [1.807, 2.05) is 38.1 Å². The molecule has 0 aliphatic heterocycles. The molecule has 1 amide bonds. The van der Waals surface area contributed by atoms with Crippen LogP contribution in [0.15, 0.2) is 36.4 Å². The highest BCUT2D eigenvalue weighted by Gasteiger charge is 2.20. The molecule has 0 saturated heterocycles. The Hall–Kier alpha value is -2.11. The number of anilines is 2. The van der Waals surface area contributed by atoms with Crippen LogP contribution in [0.2, 0.25) is 5.02 Å². The van der Waals surface area contributed by atoms with Crippen molar-refractivity contribution in [3.8, 4) is 0 Å². The highest BCUT2D eigenvalue weighted by molar-refractivity contribution is 6.34. The second-order valence-electron chi connectivity index (χ2n) is 4.56. The van der Waals surface area contributed by atoms with Gasteiger partial charge in [-0.15, -0.1) is 0 Å². The number of benzene rings is 1. The molecule has 0 spiro atoms. The number of carbonyl (C=O) groups excluding carboxylic acids is 1. The zero-order chi connectivity index (χ0) is 15.4. The standard InChI is InChI=1S/C15H17ClN4O/c1-3-20(11-6-4-5-10(2)9-11)15(21)14-12(16)7-8-13(18-14)19-17/h4-9H,3,17H2,1-2H3,(H,18,19). The Labute approximate surface area is 128 Å². The Morgan fingerprint density at radius 2 is 2.14 bits per heavy atom. The fourth-order valence-corrected chi connectivity index (χ4v) is 2.23. The first-order chi connectivity index (χ1) is 10.1. The number of amides is 1. The van der Waals surface area contributed by atoms with Crippen molar-refractivity contribution in [1.82, 2.24) is 4.98 Å². The van der Waals surface area contributed by atoms with Gasteiger partial charge in [0.25, 0.3) is 5.91 Å². The van der Waals surface area contributed by atoms with Gasteiger partial charge in [0.05, 0.1) is 5.02 Å². The summed E-state index contributed by atoms with van der Waals surface area (Å²) in [7, 11) is 0. The zero-order valence-electron chi connectivity index (χ0n) is 11.9. The van der Waals surface area contributed by atoms with Gasteiger partial charge in [0, 0.05) is 12.2 Å². The Morgan fingerprint density at radius 3 is 2.76 bits per heavy atom. The van der Waals surface area contributed by atoms with Crippen molar-refractivity contribution >= 4 is 29.0 Å². The van der Waals surface area contributed by atoms with Crippen molar-refractivity contribution in [2.24, 2.45) is 5.84 Å². The number of hydrazine groups is 1. The minimum atomic E-state index is -0.259. The zero-order valence-corrected chi connectivity index (χ0v) is 12.7. The third-order valence-electron chi connectivity index (χ3n) is 3.07. The lowest BCUT2D eigenvalue weighted by Gasteiger charge is -2.21. The molecule has 2 aromatic rings. The lowest BCUT2D eigenvalue weighted by Crippen LogP contribution is -2.31. The third kappa shape index (κ3) is 3.32. The largest absolute Gasteiger partial charge is 0.308 e. The SMILES string of the molecule is CCN(C(=O)c1nc(NN)ccc1Cl)c1cccc(C)c1. The van der Waals surface area contributed by atoms with Crippen LogP contribution in [0.5, 0.6) is 0 Å². The monoisotopic (exact) mass is 304 g/mol. The lowest BCUT2D eigenvalue weighted by molar-refractivity contribution is 0.0984. The summed E-state index contributed by atoms with van der Waals surface area (Å²) in [5.74, 6) is 5.46. The minimum Gasteiger partial charge on any atom is -0.308 e. The smallest absolute Gasteiger partial charge is 0.278 e. The maximum Gasteiger partial charge on any atom is 0.278 e. The van der Waals surface area contributed by atoms with Gasteiger partial charge in [-0.3, -0.25) is 4.79 Å². The molecule has 110 valence electrons. The van der Waals surface area contributed by atoms with Crippen LogP contribution in [0.1, 0.15) is 23.0 Å². The van der Waals surface area contributed by atoms with Gasteiger partial charge in [-0.05, 0) is 43.7 Å². The number of hydrogen-bond donors (Lipinski definition) is 2. The predicted octanol–water partition coefficient (Wildman–Crippen LogP) is 3.00. The number of nitrogens with two attached hydrogens (primary N) is 1. The van der Waals surface area contributed by atoms with Crippen LogP contribution in [0.25, 0.3) is 0 Å². The summed E-state index contributed by atoms with van der Waals surface area (Å²) >= 11 is 6.09. The van der Waals surface area contributed by atoms with E-state index >= 15 is 0 Å². The van der Waals surface area contributed by atoms with Crippen LogP contribution in [-0.4, -0.2) is 17.4 Å². The number of hydrogen-bond acceptors (Lipinski definition) is 4. The van der Waals surface area contributed by atoms with E-state index in [0.29, 0.717) is 17.4 Å². The van der Waals surface area contributed by atoms with E-state index in [1.54, 1.807) is 17.0 Å². The molecule has 0 saturated carbocycles. The van der Waals surface area contributed by atoms with E-state index < -0.39 is 0 Å². The number of pyridine rings is 1. The molecule has 0 fully saturated rings. The third-order valence-corrected chi connectivity index (χ3v) is 3.38. The molecule has 0 unspecified atom stereocenters. The quantitative estimate of drug-likeness (QED) is 0.673. The van der Waals surface area contributed by atoms with Crippen molar-refractivity contribution < 1.29 is 4.79 Å². The van der Waals surface area contributed by atoms with E-state index in [4.69, 9.17) is 17.4 Å². The molecule has 2 rings (SSSR count). The lowest BCUT2D eigenvalue weighted by atomic mass is 10.2. The first-order valence-corrected chi connectivity index (χ1v) is 6.96. The molecule has 6 heteroatoms. The van der Waals surface area contributed by atoms with Crippen LogP contribution in [0.3, 0.4) is 0 Å². The average Bonchev–Trinajstić information content (AvgIpc) is 2.48. The Balaban J connectivity index is 2.41. The van der Waals surface area contributed by atoms with Crippen LogP contribution >= 0.6 is 11.6 Å². The molecule has 5 nitrogen and oxygen atoms in total. The van der Waals surface area contributed by atoms with E-state index in [0.717, 1.165) is 11.3 Å². The number of rotatable bonds is 4. The number of aromatic nitrogens is 1. The van der Waals surface area contributed by atoms with E-state index in [-0.39, 0.29) is 11.6 Å². The van der Waals surface area contributed by atoms with E-state index in [1.165, 1.54) is 0 Å². The van der Waals surface area contributed by atoms with Crippen molar-refractivity contribution in [3.05, 3.63) is 52.7 Å². The average molecular weight is 305 g/mol. The summed E-state index contributed by atoms with van der Waals surface area (Å²) in [5.41, 5.74) is 4.48. The Morgan fingerprint density at radius 1 is 1.38 bits per heavy atom. The molecule has 3 N–H and O–H groups in total. The van der Waals surface area contributed by atoms with Gasteiger partial charge in [0.2, 0.25) is 0 Å². The van der Waals surface area contributed by atoms with Gasteiger partial charge in [-0.1, -0.05) is 23.7 Å². The van der Waals surface area contributed by atoms with Crippen molar-refractivity contribution in [1.29, 1.82) is 0 Å². The van der Waals surface area contributed by atoms with Crippen LogP contribution < -0.4 is 16.2 Å². The van der Waals surface area contributed by atoms with Gasteiger partial charge in [0.15, 0.2) is 0 Å². The maximum atomic E-state index is 12.7. The first-order valence-electron chi connectivity index (χ1n) is 6.58. The Bertz CT molecular complexity index is 660. The summed E-state index contributed by atoms with van der Waals surface area (Å²) in [6.45, 7) is 4.39. The fraction of sp³-hybridized carbons (Fsp3) is 0.200. The van der Waals surface area contributed by atoms with Gasteiger partial charge < -0.3 is 10.3 Å². The summed E-state index contributed by atoms with van der Waals surface area (Å²) < 4.78 is 0. The fourth-order valence-electron chi connectivity index (χ4n) is 2.04. The second kappa shape index (κ2) is 6.56. The number of carbonyl (C=O) groups is 1. The van der Waals surface area contributed by atoms with Gasteiger partial charge in [0.1, 0.15) is 11.5 Å². The first kappa shape index (κ1) is 15.3. The van der Waals surface area contributed by atoms with Crippen LogP contribution in [0, 0.1) is 6.92 Å². The molecular formula is C15H17ClN4O. The molecular weight excluding hydrogens is 288 g/mol. The van der Waals surface area contributed by atoms with Gasteiger partial charge in [-0.2, -0.15) is 0 Å². The van der Waals surface area contributed by atoms with Crippen molar-refractivity contribution in [3.63, 3.8) is 0 Å². The van der Waals surface area contributed by atoms with Crippen molar-refractivity contribution in [2.75, 3.05) is 16.9 Å². The normalized spacial score (nSPS) is 10.3. The molecule has 1 heterocycles. The Kier molecular flexibility index (Phi) is 4.77. The molecule has 0 radical (unpaired) electrons. The van der Waals surface area contributed by atoms with Crippen molar-refractivity contribution in [2.45, 2.75) is 13.8 Å². The highest BCUT2D eigenvalue weighted by Crippen LogP contribution is 2.22. The van der Waals surface area contributed by atoms with Crippen LogP contribution in [0.4, 0.5) is 11.5 Å². The predicted molar refractivity (Wildman–Crippen MR) is 85.6 cm³/mol. The molecule has 0 bridgehead atoms. The van der Waals surface area contributed by atoms with Gasteiger partial charge in [-0.25, -0.2) is 10.8 Å². The molecule has 0 aliphatic carbocycles. The summed E-state index contributed by atoms with van der Waals surface area (Å²) in [5, 5.41) is 0.296. The molecule has 0 atom stereocenters. The summed E-state index contributed by atoms with van der Waals surface area (Å²) in [6, 6.07) is 10.9. The van der Waals surface area contributed by atoms with Crippen LogP contribution in [-0.2, 0) is 0 Å². The molecule has 1 aromatic carbocycles. The molecule has 21 heavy (non-hydrogen) atoms. The number of halogens is 1. The van der Waals surface area contributed by atoms with E-state index in [9.17, 15) is 4.79 Å². The maximum absolute atomic E-state index is 12.7.